The third-order valence-electron chi connectivity index (χ3n) is 8.18. The SMILES string of the molecule is OC[C@H]1O[C@H](OC[C@H]2O[C@H](O[C@@H]3[C@H](O)[C@@H](O)[C@@H](O)O[C@@H]3CO)[C@H](O)[C@@H](O)[C@@H]2O[C@H]2O[C@H](CO)[C@@H](O)[C@H](O)[C@H]2O)[C@@H](O)[C@@H](O)[C@@H]1O. The molecule has 0 bridgehead atoms. The molecule has 14 N–H and O–H groups in total. The van der Waals surface area contributed by atoms with E-state index in [1.54, 1.807) is 0 Å². The first-order valence-corrected chi connectivity index (χ1v) is 14.1. The van der Waals surface area contributed by atoms with E-state index in [0.717, 1.165) is 0 Å². The van der Waals surface area contributed by atoms with Gasteiger partial charge in [-0.15, -0.1) is 0 Å². The van der Waals surface area contributed by atoms with Crippen LogP contribution in [0.3, 0.4) is 0 Å². The molecule has 4 aliphatic heterocycles. The first-order chi connectivity index (χ1) is 21.2. The van der Waals surface area contributed by atoms with Crippen LogP contribution in [0.4, 0.5) is 0 Å². The predicted octanol–water partition coefficient (Wildman–Crippen LogP) is -9.75. The summed E-state index contributed by atoms with van der Waals surface area (Å²) in [5.41, 5.74) is 0. The second-order valence-corrected chi connectivity index (χ2v) is 11.2. The van der Waals surface area contributed by atoms with Crippen molar-refractivity contribution in [3.63, 3.8) is 0 Å². The van der Waals surface area contributed by atoms with Gasteiger partial charge >= 0.3 is 0 Å². The molecule has 0 unspecified atom stereocenters. The van der Waals surface area contributed by atoms with Crippen LogP contribution < -0.4 is 0 Å². The van der Waals surface area contributed by atoms with Crippen LogP contribution in [-0.4, -0.2) is 221 Å². The van der Waals surface area contributed by atoms with Crippen LogP contribution in [0.1, 0.15) is 0 Å². The Kier molecular flexibility index (Phi) is 12.8. The first-order valence-electron chi connectivity index (χ1n) is 14.1. The second kappa shape index (κ2) is 15.6. The van der Waals surface area contributed by atoms with Gasteiger partial charge in [0.2, 0.25) is 0 Å². The molecule has 45 heavy (non-hydrogen) atoms. The van der Waals surface area contributed by atoms with E-state index in [1.807, 2.05) is 0 Å². The van der Waals surface area contributed by atoms with Crippen LogP contribution in [0.2, 0.25) is 0 Å². The van der Waals surface area contributed by atoms with Crippen LogP contribution >= 0.6 is 0 Å². The van der Waals surface area contributed by atoms with E-state index in [1.165, 1.54) is 0 Å². The summed E-state index contributed by atoms with van der Waals surface area (Å²) in [5, 5.41) is 142. The molecule has 0 aromatic carbocycles. The third kappa shape index (κ3) is 7.59. The summed E-state index contributed by atoms with van der Waals surface area (Å²) >= 11 is 0. The fourth-order valence-electron chi connectivity index (χ4n) is 5.44. The molecule has 21 heteroatoms. The van der Waals surface area contributed by atoms with E-state index >= 15 is 0 Å². The zero-order chi connectivity index (χ0) is 33.3. The molecule has 0 aromatic heterocycles. The van der Waals surface area contributed by atoms with Crippen molar-refractivity contribution in [3.05, 3.63) is 0 Å². The number of ether oxygens (including phenoxy) is 7. The molecule has 264 valence electrons. The van der Waals surface area contributed by atoms with E-state index < -0.39 is 149 Å². The Bertz CT molecular complexity index is 912. The van der Waals surface area contributed by atoms with Gasteiger partial charge in [0.1, 0.15) is 97.7 Å². The highest BCUT2D eigenvalue weighted by molar-refractivity contribution is 4.97. The summed E-state index contributed by atoms with van der Waals surface area (Å²) in [6.45, 7) is -3.21. The fourth-order valence-corrected chi connectivity index (χ4v) is 5.44. The van der Waals surface area contributed by atoms with Crippen molar-refractivity contribution in [2.75, 3.05) is 26.4 Å². The van der Waals surface area contributed by atoms with Gasteiger partial charge in [-0.1, -0.05) is 0 Å². The van der Waals surface area contributed by atoms with Crippen LogP contribution in [0, 0.1) is 0 Å². The Morgan fingerprint density at radius 1 is 0.378 bits per heavy atom. The van der Waals surface area contributed by atoms with Gasteiger partial charge in [-0.2, -0.15) is 0 Å². The molecular weight excluding hydrogens is 624 g/mol. The summed E-state index contributed by atoms with van der Waals surface area (Å²) in [5.74, 6) is 0. The van der Waals surface area contributed by atoms with Gasteiger partial charge in [0.05, 0.1) is 26.4 Å². The molecule has 4 saturated heterocycles. The lowest BCUT2D eigenvalue weighted by atomic mass is 9.96. The monoisotopic (exact) mass is 666 g/mol. The molecule has 4 heterocycles. The number of rotatable bonds is 10. The Balaban J connectivity index is 1.56. The summed E-state index contributed by atoms with van der Waals surface area (Å²) in [6, 6.07) is 0. The van der Waals surface area contributed by atoms with Gasteiger partial charge < -0.3 is 105 Å². The fraction of sp³-hybridized carbons (Fsp3) is 1.00. The van der Waals surface area contributed by atoms with E-state index in [9.17, 15) is 71.5 Å². The third-order valence-corrected chi connectivity index (χ3v) is 8.18. The molecule has 20 atom stereocenters. The Morgan fingerprint density at radius 2 is 0.778 bits per heavy atom. The molecule has 4 aliphatic rings. The van der Waals surface area contributed by atoms with Crippen LogP contribution in [-0.2, 0) is 33.2 Å². The van der Waals surface area contributed by atoms with Crippen LogP contribution in [0.25, 0.3) is 0 Å². The highest BCUT2D eigenvalue weighted by Crippen LogP contribution is 2.33. The predicted molar refractivity (Wildman–Crippen MR) is 134 cm³/mol. The van der Waals surface area contributed by atoms with Gasteiger partial charge in [0.25, 0.3) is 0 Å². The number of aliphatic hydroxyl groups is 14. The van der Waals surface area contributed by atoms with E-state index in [-0.39, 0.29) is 0 Å². The van der Waals surface area contributed by atoms with Gasteiger partial charge in [0, 0.05) is 0 Å². The maximum absolute atomic E-state index is 11.1. The van der Waals surface area contributed by atoms with Gasteiger partial charge in [-0.3, -0.25) is 0 Å². The Labute approximate surface area is 254 Å². The normalized spacial score (nSPS) is 52.9. The van der Waals surface area contributed by atoms with Gasteiger partial charge in [-0.05, 0) is 0 Å². The Hall–Kier alpha value is -0.840. The lowest BCUT2D eigenvalue weighted by Gasteiger charge is -2.48. The quantitative estimate of drug-likeness (QED) is 0.103. The maximum Gasteiger partial charge on any atom is 0.187 e. The largest absolute Gasteiger partial charge is 0.394 e. The lowest BCUT2D eigenvalue weighted by molar-refractivity contribution is -0.383. The highest BCUT2D eigenvalue weighted by atomic mass is 16.8. The summed E-state index contributed by atoms with van der Waals surface area (Å²) in [4.78, 5) is 0. The molecular formula is C24H42O21. The second-order valence-electron chi connectivity index (χ2n) is 11.2. The summed E-state index contributed by atoms with van der Waals surface area (Å²) in [7, 11) is 0. The molecule has 4 fully saturated rings. The van der Waals surface area contributed by atoms with Crippen molar-refractivity contribution in [1.82, 2.24) is 0 Å². The van der Waals surface area contributed by atoms with Crippen molar-refractivity contribution < 1.29 is 105 Å². The minimum atomic E-state index is -2.06. The summed E-state index contributed by atoms with van der Waals surface area (Å²) in [6.07, 6.45) is -35.6. The zero-order valence-electron chi connectivity index (χ0n) is 23.5. The van der Waals surface area contributed by atoms with Gasteiger partial charge in [0.15, 0.2) is 25.2 Å². The summed E-state index contributed by atoms with van der Waals surface area (Å²) < 4.78 is 38.0. The molecule has 0 aliphatic carbocycles. The number of aliphatic hydroxyl groups excluding tert-OH is 14. The minimum Gasteiger partial charge on any atom is -0.394 e. The molecule has 0 amide bonds. The highest BCUT2D eigenvalue weighted by Gasteiger charge is 2.54. The first kappa shape index (κ1) is 37.0. The van der Waals surface area contributed by atoms with Crippen molar-refractivity contribution in [3.8, 4) is 0 Å². The standard InChI is InChI=1S/C24H42O21/c25-1-5-9(28)11(30)16(35)22(41-5)39-4-8-20(45-23-17(36)12(31)10(29)6(2-26)42-23)14(33)18(37)24(43-8)44-19-7(3-27)40-21(38)15(34)13(19)32/h5-38H,1-4H2/t5-,6-,7-,8-,9-,10-,11+,12+,13-,14-,15-,16+,17-,18-,19+,20-,21+,22+,23-,24-/m1/s1. The number of hydrogen-bond donors (Lipinski definition) is 14. The van der Waals surface area contributed by atoms with Crippen LogP contribution in [0.15, 0.2) is 0 Å². The van der Waals surface area contributed by atoms with Crippen molar-refractivity contribution >= 4 is 0 Å². The smallest absolute Gasteiger partial charge is 0.187 e. The maximum atomic E-state index is 11.1. The topological polar surface area (TPSA) is 348 Å². The van der Waals surface area contributed by atoms with E-state index in [4.69, 9.17) is 33.2 Å². The van der Waals surface area contributed by atoms with Gasteiger partial charge in [-0.25, -0.2) is 0 Å². The van der Waals surface area contributed by atoms with E-state index in [2.05, 4.69) is 0 Å². The molecule has 0 aromatic rings. The molecule has 21 nitrogen and oxygen atoms in total. The van der Waals surface area contributed by atoms with E-state index in [0.29, 0.717) is 0 Å². The molecule has 0 radical (unpaired) electrons. The number of hydrogen-bond acceptors (Lipinski definition) is 21. The van der Waals surface area contributed by atoms with Crippen molar-refractivity contribution in [2.24, 2.45) is 0 Å². The molecule has 4 rings (SSSR count). The molecule has 0 saturated carbocycles. The van der Waals surface area contributed by atoms with Crippen molar-refractivity contribution in [1.29, 1.82) is 0 Å². The van der Waals surface area contributed by atoms with Crippen LogP contribution in [0.5, 0.6) is 0 Å². The van der Waals surface area contributed by atoms with Crippen molar-refractivity contribution in [2.45, 2.75) is 123 Å². The molecule has 0 spiro atoms. The lowest BCUT2D eigenvalue weighted by Crippen LogP contribution is -2.67. The average Bonchev–Trinajstić information content (AvgIpc) is 3.03. The minimum absolute atomic E-state index is 0.761. The Morgan fingerprint density at radius 3 is 1.29 bits per heavy atom. The average molecular weight is 667 g/mol. The zero-order valence-corrected chi connectivity index (χ0v) is 23.5.